The Balaban J connectivity index is 1.05. The maximum atomic E-state index is 13.4. The average Bonchev–Trinajstić information content (AvgIpc) is 3.11. The molecule has 2 amide bonds. The van der Waals surface area contributed by atoms with Gasteiger partial charge in [-0.05, 0) is 97.4 Å². The van der Waals surface area contributed by atoms with E-state index < -0.39 is 17.9 Å². The molecule has 2 heterocycles. The number of amides is 2. The molecule has 2 N–H and O–H groups in total. The van der Waals surface area contributed by atoms with Gasteiger partial charge in [0.2, 0.25) is 5.91 Å². The minimum absolute atomic E-state index is 0.152. The Bertz CT molecular complexity index is 1550. The lowest BCUT2D eigenvalue weighted by Gasteiger charge is -2.39. The zero-order valence-electron chi connectivity index (χ0n) is 29.2. The van der Waals surface area contributed by atoms with Gasteiger partial charge in [0, 0.05) is 43.0 Å². The van der Waals surface area contributed by atoms with E-state index in [9.17, 15) is 19.5 Å². The number of likely N-dealkylation sites (tertiary alicyclic amines) is 1. The molecule has 1 unspecified atom stereocenters. The maximum absolute atomic E-state index is 13.4. The first-order valence-corrected chi connectivity index (χ1v) is 18.6. The Hall–Kier alpha value is -4.07. The molecule has 1 aliphatic heterocycles. The minimum Gasteiger partial charge on any atom is -0.481 e. The third-order valence-corrected chi connectivity index (χ3v) is 11.6. The van der Waals surface area contributed by atoms with Gasteiger partial charge in [0.05, 0.1) is 5.92 Å². The summed E-state index contributed by atoms with van der Waals surface area (Å²) < 4.78 is 0. The van der Waals surface area contributed by atoms with Crippen molar-refractivity contribution >= 4 is 17.8 Å². The molecule has 1 saturated heterocycles. The second-order valence-corrected chi connectivity index (χ2v) is 14.8. The number of nitrogens with one attached hydrogen (secondary N) is 1. The number of aliphatic carboxylic acids is 1. The summed E-state index contributed by atoms with van der Waals surface area (Å²) in [6.07, 6.45) is 18.7. The maximum Gasteiger partial charge on any atom is 0.310 e. The van der Waals surface area contributed by atoms with Crippen molar-refractivity contribution in [3.05, 3.63) is 83.2 Å². The van der Waals surface area contributed by atoms with Crippen molar-refractivity contribution in [2.45, 2.75) is 103 Å². The van der Waals surface area contributed by atoms with E-state index in [1.165, 1.54) is 74.7 Å². The molecule has 49 heavy (non-hydrogen) atoms. The van der Waals surface area contributed by atoms with Crippen LogP contribution in [-0.2, 0) is 22.4 Å². The Morgan fingerprint density at radius 2 is 1.41 bits per heavy atom. The van der Waals surface area contributed by atoms with Gasteiger partial charge in [-0.3, -0.25) is 14.4 Å². The molecule has 8 nitrogen and oxygen atoms in total. The van der Waals surface area contributed by atoms with E-state index in [1.54, 1.807) is 12.1 Å². The molecule has 0 spiro atoms. The summed E-state index contributed by atoms with van der Waals surface area (Å²) in [6.45, 7) is 4.67. The Labute approximate surface area is 291 Å². The van der Waals surface area contributed by atoms with Crippen molar-refractivity contribution in [3.8, 4) is 11.4 Å². The van der Waals surface area contributed by atoms with Gasteiger partial charge >= 0.3 is 5.97 Å². The normalized spacial score (nSPS) is 23.3. The van der Waals surface area contributed by atoms with Crippen LogP contribution in [0.3, 0.4) is 0 Å². The molecular weight excluding hydrogens is 612 g/mol. The molecule has 1 aromatic heterocycles. The summed E-state index contributed by atoms with van der Waals surface area (Å²) in [5.74, 6) is 1.92. The molecule has 0 radical (unpaired) electrons. The summed E-state index contributed by atoms with van der Waals surface area (Å²) >= 11 is 0. The number of benzene rings is 2. The largest absolute Gasteiger partial charge is 0.481 e. The minimum atomic E-state index is -0.908. The number of nitrogens with zero attached hydrogens (tertiary/aromatic N) is 3. The molecule has 2 aromatic carbocycles. The van der Waals surface area contributed by atoms with Crippen LogP contribution in [0, 0.1) is 23.7 Å². The van der Waals surface area contributed by atoms with Gasteiger partial charge in [0.25, 0.3) is 5.91 Å². The van der Waals surface area contributed by atoms with Crippen molar-refractivity contribution in [2.24, 2.45) is 23.7 Å². The number of carboxylic acid groups (broad SMARTS) is 1. The molecule has 6 rings (SSSR count). The van der Waals surface area contributed by atoms with Crippen molar-refractivity contribution < 1.29 is 19.5 Å². The van der Waals surface area contributed by atoms with E-state index in [-0.39, 0.29) is 31.3 Å². The monoisotopic (exact) mass is 664 g/mol. The van der Waals surface area contributed by atoms with E-state index in [2.05, 4.69) is 19.2 Å². The quantitative estimate of drug-likeness (QED) is 0.208. The fourth-order valence-electron chi connectivity index (χ4n) is 8.37. The van der Waals surface area contributed by atoms with Crippen molar-refractivity contribution in [1.29, 1.82) is 0 Å². The number of hydrogen-bond donors (Lipinski definition) is 2. The van der Waals surface area contributed by atoms with Crippen LogP contribution in [0.4, 0.5) is 0 Å². The highest BCUT2D eigenvalue weighted by Gasteiger charge is 2.39. The smallest absolute Gasteiger partial charge is 0.310 e. The topological polar surface area (TPSA) is 112 Å². The van der Waals surface area contributed by atoms with Gasteiger partial charge in [-0.25, -0.2) is 9.97 Å². The molecule has 1 atom stereocenters. The fourth-order valence-corrected chi connectivity index (χ4v) is 8.37. The van der Waals surface area contributed by atoms with Gasteiger partial charge in [0.15, 0.2) is 5.82 Å². The van der Waals surface area contributed by atoms with Crippen LogP contribution >= 0.6 is 0 Å². The number of hydrogen-bond acceptors (Lipinski definition) is 5. The van der Waals surface area contributed by atoms with Gasteiger partial charge in [-0.15, -0.1) is 0 Å². The van der Waals surface area contributed by atoms with Gasteiger partial charge in [-0.2, -0.15) is 0 Å². The molecule has 3 aliphatic rings. The summed E-state index contributed by atoms with van der Waals surface area (Å²) in [4.78, 5) is 49.0. The molecule has 0 bridgehead atoms. The third kappa shape index (κ3) is 8.57. The van der Waals surface area contributed by atoms with Crippen LogP contribution in [0.15, 0.2) is 60.9 Å². The van der Waals surface area contributed by atoms with Crippen molar-refractivity contribution in [2.75, 3.05) is 13.1 Å². The summed E-state index contributed by atoms with van der Waals surface area (Å²) in [5, 5.41) is 12.2. The summed E-state index contributed by atoms with van der Waals surface area (Å²) in [6, 6.07) is 14.4. The average molecular weight is 665 g/mol. The second kappa shape index (κ2) is 16.1. The molecular formula is C41H52N4O4. The molecule has 8 heteroatoms. The van der Waals surface area contributed by atoms with Gasteiger partial charge < -0.3 is 15.3 Å². The number of aromatic nitrogens is 2. The first-order chi connectivity index (χ1) is 23.8. The second-order valence-electron chi connectivity index (χ2n) is 14.8. The third-order valence-electron chi connectivity index (χ3n) is 11.6. The fraction of sp³-hybridized carbons (Fsp3) is 0.537. The summed E-state index contributed by atoms with van der Waals surface area (Å²) in [7, 11) is 0. The molecule has 2 aliphatic carbocycles. The summed E-state index contributed by atoms with van der Waals surface area (Å²) in [5.41, 5.74) is 4.62. The SMILES string of the molecule is CCCC1CCC(C2CCC(c3cnc(-c4ccc(CC(NC(=O)c5ccc(CC)cc5)C(=O)N5CC(C(=O)O)C5)cc4)nc3)CC2)CC1. The van der Waals surface area contributed by atoms with Crippen LogP contribution < -0.4 is 5.32 Å². The van der Waals surface area contributed by atoms with Crippen LogP contribution in [-0.4, -0.2) is 56.9 Å². The number of aryl methyl sites for hydroxylation is 1. The Morgan fingerprint density at radius 3 is 1.98 bits per heavy atom. The zero-order chi connectivity index (χ0) is 34.3. The lowest BCUT2D eigenvalue weighted by Crippen LogP contribution is -2.59. The van der Waals surface area contributed by atoms with Crippen LogP contribution in [0.1, 0.15) is 111 Å². The van der Waals surface area contributed by atoms with Crippen LogP contribution in [0.5, 0.6) is 0 Å². The van der Waals surface area contributed by atoms with Crippen LogP contribution in [0.2, 0.25) is 0 Å². The lowest BCUT2D eigenvalue weighted by atomic mass is 9.68. The van der Waals surface area contributed by atoms with E-state index in [0.717, 1.165) is 40.9 Å². The highest BCUT2D eigenvalue weighted by Crippen LogP contribution is 2.44. The lowest BCUT2D eigenvalue weighted by molar-refractivity contribution is -0.153. The van der Waals surface area contributed by atoms with E-state index in [0.29, 0.717) is 17.3 Å². The first kappa shape index (κ1) is 34.8. The number of rotatable bonds is 12. The van der Waals surface area contributed by atoms with Gasteiger partial charge in [-0.1, -0.05) is 75.9 Å². The highest BCUT2D eigenvalue weighted by molar-refractivity contribution is 5.98. The van der Waals surface area contributed by atoms with Crippen LogP contribution in [0.25, 0.3) is 11.4 Å². The standard InChI is InChI=1S/C41H52N4O4/c1-3-5-28-8-12-30(13-9-28)31-18-20-32(21-19-31)35-23-42-38(43-24-35)33-14-10-29(11-15-33)22-37(40(47)45-25-36(26-45)41(48)49)44-39(46)34-16-6-27(4-2)7-17-34/h6-7,10-11,14-17,23-24,28,30-32,36-37H,3-5,8-9,12-13,18-22,25-26H2,1-2H3,(H,44,46)(H,48,49). The molecule has 260 valence electrons. The Morgan fingerprint density at radius 1 is 0.816 bits per heavy atom. The molecule has 3 fully saturated rings. The number of carbonyl (C=O) groups excluding carboxylic acids is 2. The van der Waals surface area contributed by atoms with E-state index in [1.807, 2.05) is 48.8 Å². The van der Waals surface area contributed by atoms with E-state index in [4.69, 9.17) is 9.97 Å². The van der Waals surface area contributed by atoms with E-state index >= 15 is 0 Å². The predicted octanol–water partition coefficient (Wildman–Crippen LogP) is 7.47. The van der Waals surface area contributed by atoms with Gasteiger partial charge in [0.1, 0.15) is 6.04 Å². The van der Waals surface area contributed by atoms with Crippen molar-refractivity contribution in [3.63, 3.8) is 0 Å². The van der Waals surface area contributed by atoms with Crippen molar-refractivity contribution in [1.82, 2.24) is 20.2 Å². The predicted molar refractivity (Wildman–Crippen MR) is 191 cm³/mol. The first-order valence-electron chi connectivity index (χ1n) is 18.6. The molecule has 3 aromatic rings. The number of carboxylic acids is 1. The molecule has 2 saturated carbocycles. The Kier molecular flexibility index (Phi) is 11.4. The zero-order valence-corrected chi connectivity index (χ0v) is 29.2. The number of carbonyl (C=O) groups is 3. The highest BCUT2D eigenvalue weighted by atomic mass is 16.4.